The van der Waals surface area contributed by atoms with Crippen molar-refractivity contribution in [2.24, 2.45) is 0 Å². The van der Waals surface area contributed by atoms with E-state index in [2.05, 4.69) is 6.58 Å². The summed E-state index contributed by atoms with van der Waals surface area (Å²) in [5.41, 5.74) is 0.441. The van der Waals surface area contributed by atoms with Gasteiger partial charge in [-0.25, -0.2) is 0 Å². The largest absolute Gasteiger partial charge is 0.302 e. The zero-order chi connectivity index (χ0) is 9.03. The molecule has 1 atom stereocenters. The first-order chi connectivity index (χ1) is 5.73. The number of carbonyl (C=O) groups is 1. The molecule has 0 aliphatic carbocycles. The highest BCUT2D eigenvalue weighted by molar-refractivity contribution is 5.71. The summed E-state index contributed by atoms with van der Waals surface area (Å²) in [7, 11) is 0. The van der Waals surface area contributed by atoms with Crippen LogP contribution in [0.25, 0.3) is 0 Å². The van der Waals surface area contributed by atoms with Gasteiger partial charge in [-0.3, -0.25) is 0 Å². The van der Waals surface area contributed by atoms with Crippen molar-refractivity contribution >= 4 is 6.29 Å². The zero-order valence-electron chi connectivity index (χ0n) is 7.16. The van der Waals surface area contributed by atoms with Crippen molar-refractivity contribution in [1.82, 2.24) is 0 Å². The summed E-state index contributed by atoms with van der Waals surface area (Å²) >= 11 is 0. The van der Waals surface area contributed by atoms with Gasteiger partial charge in [0.15, 0.2) is 0 Å². The van der Waals surface area contributed by atoms with Crippen molar-refractivity contribution in [1.29, 1.82) is 0 Å². The molecule has 0 heterocycles. The average molecular weight is 160 g/mol. The fraction of sp³-hybridized carbons (Fsp3) is 0.182. The highest BCUT2D eigenvalue weighted by Gasteiger charge is 2.20. The number of hydrogen-bond donors (Lipinski definition) is 0. The molecule has 0 unspecified atom stereocenters. The second-order valence-corrected chi connectivity index (χ2v) is 2.97. The molecular formula is C11H12O. The molecule has 1 nitrogen and oxygen atoms in total. The highest BCUT2D eigenvalue weighted by atomic mass is 16.1. The van der Waals surface area contributed by atoms with Crippen LogP contribution in [0.3, 0.4) is 0 Å². The van der Waals surface area contributed by atoms with E-state index in [4.69, 9.17) is 0 Å². The smallest absolute Gasteiger partial charge is 0.134 e. The molecular weight excluding hydrogens is 148 g/mol. The first-order valence-electron chi connectivity index (χ1n) is 3.88. The maximum atomic E-state index is 10.8. The fourth-order valence-electron chi connectivity index (χ4n) is 1.03. The number of benzene rings is 1. The molecule has 0 spiro atoms. The average Bonchev–Trinajstić information content (AvgIpc) is 2.18. The Balaban J connectivity index is 3.11. The SMILES string of the molecule is C=C[C@@](C)(C=O)c1ccccc1. The van der Waals surface area contributed by atoms with Gasteiger partial charge >= 0.3 is 0 Å². The van der Waals surface area contributed by atoms with Gasteiger partial charge in [0.2, 0.25) is 0 Å². The summed E-state index contributed by atoms with van der Waals surface area (Å²) in [6.07, 6.45) is 2.57. The number of rotatable bonds is 3. The number of carbonyl (C=O) groups excluding carboxylic acids is 1. The minimum absolute atomic E-state index is 0.540. The Labute approximate surface area is 72.7 Å². The van der Waals surface area contributed by atoms with Crippen molar-refractivity contribution in [3.05, 3.63) is 48.6 Å². The third-order valence-electron chi connectivity index (χ3n) is 2.06. The van der Waals surface area contributed by atoms with Gasteiger partial charge in [0.25, 0.3) is 0 Å². The summed E-state index contributed by atoms with van der Waals surface area (Å²) < 4.78 is 0. The molecule has 0 aromatic heterocycles. The van der Waals surface area contributed by atoms with Gasteiger partial charge < -0.3 is 4.79 Å². The fourth-order valence-corrected chi connectivity index (χ4v) is 1.03. The first kappa shape index (κ1) is 8.72. The van der Waals surface area contributed by atoms with E-state index in [1.807, 2.05) is 37.3 Å². The molecule has 0 aliphatic heterocycles. The predicted octanol–water partition coefficient (Wildman–Crippen LogP) is 2.33. The van der Waals surface area contributed by atoms with Crippen molar-refractivity contribution < 1.29 is 4.79 Å². The van der Waals surface area contributed by atoms with E-state index >= 15 is 0 Å². The summed E-state index contributed by atoms with van der Waals surface area (Å²) in [6, 6.07) is 9.62. The van der Waals surface area contributed by atoms with Crippen LogP contribution in [0.1, 0.15) is 12.5 Å². The van der Waals surface area contributed by atoms with Crippen LogP contribution in [0.5, 0.6) is 0 Å². The molecule has 0 saturated heterocycles. The van der Waals surface area contributed by atoms with E-state index in [1.54, 1.807) is 6.08 Å². The lowest BCUT2D eigenvalue weighted by Gasteiger charge is -2.17. The van der Waals surface area contributed by atoms with Crippen molar-refractivity contribution in [3.8, 4) is 0 Å². The normalized spacial score (nSPS) is 14.8. The molecule has 1 aromatic rings. The standard InChI is InChI=1S/C11H12O/c1-3-11(2,9-12)10-7-5-4-6-8-10/h3-9H,1H2,2H3/t11-/m0/s1. The van der Waals surface area contributed by atoms with Crippen LogP contribution in [-0.2, 0) is 10.2 Å². The lowest BCUT2D eigenvalue weighted by molar-refractivity contribution is -0.110. The van der Waals surface area contributed by atoms with Crippen LogP contribution in [0.4, 0.5) is 0 Å². The van der Waals surface area contributed by atoms with Crippen molar-refractivity contribution in [2.45, 2.75) is 12.3 Å². The highest BCUT2D eigenvalue weighted by Crippen LogP contribution is 2.21. The Kier molecular flexibility index (Phi) is 2.44. The van der Waals surface area contributed by atoms with Crippen molar-refractivity contribution in [3.63, 3.8) is 0 Å². The van der Waals surface area contributed by atoms with Crippen LogP contribution in [0.15, 0.2) is 43.0 Å². The summed E-state index contributed by atoms with van der Waals surface area (Å²) in [4.78, 5) is 10.8. The molecule has 1 heteroatoms. The first-order valence-corrected chi connectivity index (χ1v) is 3.88. The Hall–Kier alpha value is -1.37. The quantitative estimate of drug-likeness (QED) is 0.490. The monoisotopic (exact) mass is 160 g/mol. The Morgan fingerprint density at radius 1 is 1.33 bits per heavy atom. The molecule has 0 radical (unpaired) electrons. The molecule has 12 heavy (non-hydrogen) atoms. The van der Waals surface area contributed by atoms with Gasteiger partial charge in [0.1, 0.15) is 6.29 Å². The van der Waals surface area contributed by atoms with E-state index in [9.17, 15) is 4.79 Å². The van der Waals surface area contributed by atoms with Gasteiger partial charge in [0.05, 0.1) is 5.41 Å². The molecule has 0 N–H and O–H groups in total. The molecule has 0 saturated carbocycles. The van der Waals surface area contributed by atoms with Gasteiger partial charge in [-0.1, -0.05) is 36.4 Å². The Morgan fingerprint density at radius 2 is 1.92 bits per heavy atom. The minimum Gasteiger partial charge on any atom is -0.302 e. The maximum absolute atomic E-state index is 10.8. The zero-order valence-corrected chi connectivity index (χ0v) is 7.16. The van der Waals surface area contributed by atoms with E-state index in [0.29, 0.717) is 0 Å². The van der Waals surface area contributed by atoms with Crippen LogP contribution in [-0.4, -0.2) is 6.29 Å². The lowest BCUT2D eigenvalue weighted by Crippen LogP contribution is -2.19. The molecule has 1 rings (SSSR count). The summed E-state index contributed by atoms with van der Waals surface area (Å²) in [5, 5.41) is 0. The molecule has 0 amide bonds. The third-order valence-corrected chi connectivity index (χ3v) is 2.06. The second-order valence-electron chi connectivity index (χ2n) is 2.97. The molecule has 0 fully saturated rings. The van der Waals surface area contributed by atoms with Crippen molar-refractivity contribution in [2.75, 3.05) is 0 Å². The van der Waals surface area contributed by atoms with Gasteiger partial charge in [-0.15, -0.1) is 6.58 Å². The third kappa shape index (κ3) is 1.45. The molecule has 0 aliphatic rings. The summed E-state index contributed by atoms with van der Waals surface area (Å²) in [6.45, 7) is 5.50. The van der Waals surface area contributed by atoms with Crippen LogP contribution in [0.2, 0.25) is 0 Å². The lowest BCUT2D eigenvalue weighted by atomic mass is 9.84. The molecule has 1 aromatic carbocycles. The van der Waals surface area contributed by atoms with Crippen LogP contribution < -0.4 is 0 Å². The Morgan fingerprint density at radius 3 is 2.33 bits per heavy atom. The number of aldehydes is 1. The second kappa shape index (κ2) is 3.35. The predicted molar refractivity (Wildman–Crippen MR) is 50.1 cm³/mol. The topological polar surface area (TPSA) is 17.1 Å². The van der Waals surface area contributed by atoms with Crippen LogP contribution in [0, 0.1) is 0 Å². The summed E-state index contributed by atoms with van der Waals surface area (Å²) in [5.74, 6) is 0. The van der Waals surface area contributed by atoms with E-state index in [1.165, 1.54) is 0 Å². The number of hydrogen-bond acceptors (Lipinski definition) is 1. The van der Waals surface area contributed by atoms with Gasteiger partial charge in [-0.2, -0.15) is 0 Å². The van der Waals surface area contributed by atoms with Gasteiger partial charge in [0, 0.05) is 0 Å². The minimum atomic E-state index is -0.540. The number of allylic oxidation sites excluding steroid dienone is 1. The maximum Gasteiger partial charge on any atom is 0.134 e. The molecule has 0 bridgehead atoms. The molecule has 62 valence electrons. The Bertz CT molecular complexity index is 266. The van der Waals surface area contributed by atoms with E-state index < -0.39 is 5.41 Å². The van der Waals surface area contributed by atoms with Gasteiger partial charge in [-0.05, 0) is 12.5 Å². The van der Waals surface area contributed by atoms with Crippen LogP contribution >= 0.6 is 0 Å². The van der Waals surface area contributed by atoms with E-state index in [0.717, 1.165) is 11.8 Å². The van der Waals surface area contributed by atoms with E-state index in [-0.39, 0.29) is 0 Å².